The SMILES string of the molecule is C[C@H](NC(=O)Cn1cccc(C(=O)NC2CCCCC2)c1=O)c1nc2ccccc2[nH]1. The van der Waals surface area contributed by atoms with Crippen molar-refractivity contribution in [1.82, 2.24) is 25.2 Å². The van der Waals surface area contributed by atoms with Gasteiger partial charge in [0.25, 0.3) is 11.5 Å². The van der Waals surface area contributed by atoms with Crippen molar-refractivity contribution in [2.45, 2.75) is 57.7 Å². The fourth-order valence-electron chi connectivity index (χ4n) is 4.03. The lowest BCUT2D eigenvalue weighted by molar-refractivity contribution is -0.122. The lowest BCUT2D eigenvalue weighted by atomic mass is 9.95. The van der Waals surface area contributed by atoms with Crippen LogP contribution in [0.5, 0.6) is 0 Å². The zero-order valence-corrected chi connectivity index (χ0v) is 17.6. The van der Waals surface area contributed by atoms with Gasteiger partial charge in [-0.1, -0.05) is 31.4 Å². The number of rotatable bonds is 6. The van der Waals surface area contributed by atoms with E-state index < -0.39 is 5.56 Å². The Balaban J connectivity index is 1.41. The third-order valence-corrected chi connectivity index (χ3v) is 5.71. The van der Waals surface area contributed by atoms with E-state index in [4.69, 9.17) is 0 Å². The first-order valence-corrected chi connectivity index (χ1v) is 10.8. The molecule has 4 rings (SSSR count). The monoisotopic (exact) mass is 421 g/mol. The van der Waals surface area contributed by atoms with E-state index in [9.17, 15) is 14.4 Å². The molecule has 1 aliphatic rings. The highest BCUT2D eigenvalue weighted by Gasteiger charge is 2.20. The van der Waals surface area contributed by atoms with Gasteiger partial charge in [0.15, 0.2) is 0 Å². The number of hydrogen-bond donors (Lipinski definition) is 3. The second-order valence-electron chi connectivity index (χ2n) is 8.09. The number of H-pyrrole nitrogens is 1. The van der Waals surface area contributed by atoms with Gasteiger partial charge >= 0.3 is 0 Å². The van der Waals surface area contributed by atoms with Gasteiger partial charge in [0, 0.05) is 12.2 Å². The van der Waals surface area contributed by atoms with Gasteiger partial charge in [-0.15, -0.1) is 0 Å². The number of hydrogen-bond acceptors (Lipinski definition) is 4. The molecule has 1 saturated carbocycles. The minimum absolute atomic E-state index is 0.0613. The summed E-state index contributed by atoms with van der Waals surface area (Å²) < 4.78 is 1.26. The number of carbonyl (C=O) groups excluding carboxylic acids is 2. The first-order chi connectivity index (χ1) is 15.0. The number of nitrogens with one attached hydrogen (secondary N) is 3. The third kappa shape index (κ3) is 4.84. The van der Waals surface area contributed by atoms with E-state index in [-0.39, 0.29) is 36.0 Å². The molecule has 2 amide bonds. The maximum Gasteiger partial charge on any atom is 0.263 e. The Morgan fingerprint density at radius 1 is 1.16 bits per heavy atom. The number of carbonyl (C=O) groups is 2. The molecule has 0 bridgehead atoms. The van der Waals surface area contributed by atoms with Crippen LogP contribution in [0.2, 0.25) is 0 Å². The first kappa shape index (κ1) is 20.8. The molecule has 0 spiro atoms. The fourth-order valence-corrected chi connectivity index (χ4v) is 4.03. The van der Waals surface area contributed by atoms with Crippen molar-refractivity contribution in [3.8, 4) is 0 Å². The van der Waals surface area contributed by atoms with Gasteiger partial charge < -0.3 is 20.2 Å². The minimum Gasteiger partial charge on any atom is -0.349 e. The van der Waals surface area contributed by atoms with Gasteiger partial charge in [0.05, 0.1) is 17.1 Å². The highest BCUT2D eigenvalue weighted by Crippen LogP contribution is 2.18. The van der Waals surface area contributed by atoms with Crippen LogP contribution in [0.3, 0.4) is 0 Å². The summed E-state index contributed by atoms with van der Waals surface area (Å²) in [5.41, 5.74) is 1.31. The third-order valence-electron chi connectivity index (χ3n) is 5.71. The number of imidazole rings is 1. The Kier molecular flexibility index (Phi) is 6.16. The number of aromatic amines is 1. The summed E-state index contributed by atoms with van der Waals surface area (Å²) in [6, 6.07) is 10.5. The quantitative estimate of drug-likeness (QED) is 0.568. The second-order valence-corrected chi connectivity index (χ2v) is 8.09. The maximum absolute atomic E-state index is 12.8. The van der Waals surface area contributed by atoms with Crippen molar-refractivity contribution in [3.05, 3.63) is 64.3 Å². The second kappa shape index (κ2) is 9.16. The predicted octanol–water partition coefficient (Wildman–Crippen LogP) is 2.66. The predicted molar refractivity (Wildman–Crippen MR) is 118 cm³/mol. The highest BCUT2D eigenvalue weighted by molar-refractivity contribution is 5.94. The van der Waals surface area contributed by atoms with Crippen molar-refractivity contribution in [1.29, 1.82) is 0 Å². The summed E-state index contributed by atoms with van der Waals surface area (Å²) in [7, 11) is 0. The van der Waals surface area contributed by atoms with Gasteiger partial charge in [-0.3, -0.25) is 14.4 Å². The van der Waals surface area contributed by atoms with Crippen LogP contribution < -0.4 is 16.2 Å². The summed E-state index contributed by atoms with van der Waals surface area (Å²) in [5.74, 6) is -0.0651. The summed E-state index contributed by atoms with van der Waals surface area (Å²) in [6.07, 6.45) is 6.77. The van der Waals surface area contributed by atoms with Crippen LogP contribution in [0.1, 0.15) is 61.3 Å². The molecule has 8 heteroatoms. The zero-order chi connectivity index (χ0) is 21.8. The lowest BCUT2D eigenvalue weighted by Crippen LogP contribution is -2.41. The van der Waals surface area contributed by atoms with Crippen LogP contribution in [0.15, 0.2) is 47.4 Å². The van der Waals surface area contributed by atoms with Gasteiger partial charge in [0.1, 0.15) is 17.9 Å². The molecular weight excluding hydrogens is 394 g/mol. The van der Waals surface area contributed by atoms with E-state index >= 15 is 0 Å². The minimum atomic E-state index is -0.470. The molecule has 0 unspecified atom stereocenters. The Labute approximate surface area is 180 Å². The molecule has 3 aromatic rings. The molecule has 1 atom stereocenters. The molecule has 1 fully saturated rings. The molecule has 162 valence electrons. The number of aromatic nitrogens is 3. The topological polar surface area (TPSA) is 109 Å². The van der Waals surface area contributed by atoms with Gasteiger partial charge in [0.2, 0.25) is 5.91 Å². The first-order valence-electron chi connectivity index (χ1n) is 10.8. The van der Waals surface area contributed by atoms with Crippen LogP contribution in [-0.4, -0.2) is 32.4 Å². The van der Waals surface area contributed by atoms with Crippen LogP contribution in [-0.2, 0) is 11.3 Å². The van der Waals surface area contributed by atoms with Crippen LogP contribution in [0.25, 0.3) is 11.0 Å². The molecule has 1 aliphatic carbocycles. The smallest absolute Gasteiger partial charge is 0.263 e. The average Bonchev–Trinajstić information content (AvgIpc) is 3.20. The molecule has 2 heterocycles. The number of pyridine rings is 1. The molecule has 0 radical (unpaired) electrons. The van der Waals surface area contributed by atoms with E-state index in [2.05, 4.69) is 20.6 Å². The molecular formula is C23H27N5O3. The molecule has 0 saturated heterocycles. The van der Waals surface area contributed by atoms with Crippen LogP contribution in [0, 0.1) is 0 Å². The van der Waals surface area contributed by atoms with E-state index in [0.29, 0.717) is 5.82 Å². The molecule has 3 N–H and O–H groups in total. The molecule has 0 aliphatic heterocycles. The Morgan fingerprint density at radius 2 is 1.94 bits per heavy atom. The van der Waals surface area contributed by atoms with Gasteiger partial charge in [-0.05, 0) is 44.0 Å². The van der Waals surface area contributed by atoms with E-state index in [1.807, 2.05) is 31.2 Å². The van der Waals surface area contributed by atoms with E-state index in [0.717, 1.165) is 36.7 Å². The molecule has 8 nitrogen and oxygen atoms in total. The maximum atomic E-state index is 12.8. The number of fused-ring (bicyclic) bond motifs is 1. The number of nitrogens with zero attached hydrogens (tertiary/aromatic N) is 2. The fraction of sp³-hybridized carbons (Fsp3) is 0.391. The normalized spacial score (nSPS) is 15.5. The molecule has 1 aromatic carbocycles. The molecule has 2 aromatic heterocycles. The number of amides is 2. The van der Waals surface area contributed by atoms with Crippen molar-refractivity contribution in [3.63, 3.8) is 0 Å². The summed E-state index contributed by atoms with van der Waals surface area (Å²) >= 11 is 0. The number of para-hydroxylation sites is 2. The molecule has 31 heavy (non-hydrogen) atoms. The summed E-state index contributed by atoms with van der Waals surface area (Å²) in [4.78, 5) is 45.6. The van der Waals surface area contributed by atoms with E-state index in [1.165, 1.54) is 23.3 Å². The largest absolute Gasteiger partial charge is 0.349 e. The zero-order valence-electron chi connectivity index (χ0n) is 17.6. The average molecular weight is 422 g/mol. The van der Waals surface area contributed by atoms with Crippen molar-refractivity contribution in [2.75, 3.05) is 0 Å². The number of benzene rings is 1. The Hall–Kier alpha value is -3.42. The summed E-state index contributed by atoms with van der Waals surface area (Å²) in [5, 5.41) is 5.81. The van der Waals surface area contributed by atoms with Crippen molar-refractivity contribution in [2.24, 2.45) is 0 Å². The standard InChI is InChI=1S/C23H27N5O3/c1-15(21-26-18-11-5-6-12-19(18)27-21)24-20(29)14-28-13-7-10-17(23(28)31)22(30)25-16-8-3-2-4-9-16/h5-7,10-13,15-16H,2-4,8-9,14H2,1H3,(H,24,29)(H,25,30)(H,26,27)/t15-/m0/s1. The van der Waals surface area contributed by atoms with Crippen molar-refractivity contribution >= 4 is 22.8 Å². The van der Waals surface area contributed by atoms with Crippen molar-refractivity contribution < 1.29 is 9.59 Å². The highest BCUT2D eigenvalue weighted by atomic mass is 16.2. The van der Waals surface area contributed by atoms with Gasteiger partial charge in [-0.2, -0.15) is 0 Å². The van der Waals surface area contributed by atoms with Gasteiger partial charge in [-0.25, -0.2) is 4.98 Å². The Morgan fingerprint density at radius 3 is 2.71 bits per heavy atom. The summed E-state index contributed by atoms with van der Waals surface area (Å²) in [6.45, 7) is 1.65. The van der Waals surface area contributed by atoms with E-state index in [1.54, 1.807) is 6.07 Å². The Bertz CT molecular complexity index is 1110. The van der Waals surface area contributed by atoms with Crippen LogP contribution >= 0.6 is 0 Å². The van der Waals surface area contributed by atoms with Crippen LogP contribution in [0.4, 0.5) is 0 Å². The lowest BCUT2D eigenvalue weighted by Gasteiger charge is -2.22.